The molecule has 33 heavy (non-hydrogen) atoms. The predicted molar refractivity (Wildman–Crippen MR) is 124 cm³/mol. The molecule has 0 spiro atoms. The molecule has 4 rings (SSSR count). The fourth-order valence-corrected chi connectivity index (χ4v) is 4.48. The minimum Gasteiger partial charge on any atom is -0.466 e. The van der Waals surface area contributed by atoms with Gasteiger partial charge in [-0.2, -0.15) is 5.10 Å². The van der Waals surface area contributed by atoms with Crippen LogP contribution in [0.15, 0.2) is 53.6 Å². The summed E-state index contributed by atoms with van der Waals surface area (Å²) >= 11 is 0. The van der Waals surface area contributed by atoms with Crippen molar-refractivity contribution in [2.45, 2.75) is 39.2 Å². The minimum absolute atomic E-state index is 0.103. The quantitative estimate of drug-likeness (QED) is 0.621. The second kappa shape index (κ2) is 10.3. The van der Waals surface area contributed by atoms with Crippen LogP contribution in [0.5, 0.6) is 0 Å². The molecular formula is C26H30FN3O3. The zero-order chi connectivity index (χ0) is 23.4. The van der Waals surface area contributed by atoms with Gasteiger partial charge in [-0.05, 0) is 63.0 Å². The van der Waals surface area contributed by atoms with Crippen LogP contribution in [0.25, 0.3) is 0 Å². The smallest absolute Gasteiger partial charge is 0.309 e. The number of nitrogens with zero attached hydrogens (tertiary/aromatic N) is 3. The molecule has 1 saturated heterocycles. The highest BCUT2D eigenvalue weighted by Gasteiger charge is 2.35. The molecule has 174 valence electrons. The molecule has 1 amide bonds. The van der Waals surface area contributed by atoms with E-state index >= 15 is 0 Å². The Morgan fingerprint density at radius 2 is 1.85 bits per heavy atom. The van der Waals surface area contributed by atoms with Crippen molar-refractivity contribution in [3.63, 3.8) is 0 Å². The first-order valence-electron chi connectivity index (χ1n) is 11.6. The molecular weight excluding hydrogens is 421 g/mol. The predicted octanol–water partition coefficient (Wildman–Crippen LogP) is 4.09. The van der Waals surface area contributed by atoms with Gasteiger partial charge in [0.15, 0.2) is 0 Å². The van der Waals surface area contributed by atoms with Crippen molar-refractivity contribution >= 4 is 17.6 Å². The maximum absolute atomic E-state index is 14.0. The van der Waals surface area contributed by atoms with Gasteiger partial charge in [-0.3, -0.25) is 14.5 Å². The number of halogens is 1. The summed E-state index contributed by atoms with van der Waals surface area (Å²) in [7, 11) is 0. The van der Waals surface area contributed by atoms with Crippen LogP contribution in [0.3, 0.4) is 0 Å². The van der Waals surface area contributed by atoms with Gasteiger partial charge in [0, 0.05) is 6.42 Å². The van der Waals surface area contributed by atoms with E-state index in [2.05, 4.69) is 10.0 Å². The molecule has 2 heterocycles. The minimum atomic E-state index is -0.346. The molecule has 0 N–H and O–H groups in total. The fourth-order valence-electron chi connectivity index (χ4n) is 4.48. The highest BCUT2D eigenvalue weighted by Crippen LogP contribution is 2.33. The van der Waals surface area contributed by atoms with Crippen molar-refractivity contribution in [3.05, 3.63) is 71.0 Å². The van der Waals surface area contributed by atoms with E-state index < -0.39 is 0 Å². The summed E-state index contributed by atoms with van der Waals surface area (Å²) in [6.07, 6.45) is 1.89. The van der Waals surface area contributed by atoms with Gasteiger partial charge >= 0.3 is 5.97 Å². The summed E-state index contributed by atoms with van der Waals surface area (Å²) in [4.78, 5) is 27.4. The number of likely N-dealkylation sites (tertiary alicyclic amines) is 1. The Kier molecular flexibility index (Phi) is 7.18. The third-order valence-electron chi connectivity index (χ3n) is 6.35. The molecule has 1 fully saturated rings. The highest BCUT2D eigenvalue weighted by atomic mass is 19.1. The van der Waals surface area contributed by atoms with Crippen LogP contribution in [-0.4, -0.2) is 53.7 Å². The highest BCUT2D eigenvalue weighted by molar-refractivity contribution is 6.03. The van der Waals surface area contributed by atoms with E-state index in [9.17, 15) is 14.0 Å². The largest absolute Gasteiger partial charge is 0.466 e. The first-order valence-corrected chi connectivity index (χ1v) is 11.6. The molecule has 1 unspecified atom stereocenters. The number of rotatable bonds is 6. The Hall–Kier alpha value is -3.06. The van der Waals surface area contributed by atoms with Crippen molar-refractivity contribution in [3.8, 4) is 0 Å². The number of amides is 1. The maximum atomic E-state index is 14.0. The lowest BCUT2D eigenvalue weighted by Crippen LogP contribution is -2.43. The molecule has 2 aromatic carbocycles. The lowest BCUT2D eigenvalue weighted by atomic mass is 9.96. The van der Waals surface area contributed by atoms with Crippen LogP contribution in [0, 0.1) is 18.7 Å². The van der Waals surface area contributed by atoms with E-state index in [1.54, 1.807) is 6.07 Å². The van der Waals surface area contributed by atoms with Crippen molar-refractivity contribution < 1.29 is 18.7 Å². The van der Waals surface area contributed by atoms with Gasteiger partial charge < -0.3 is 4.74 Å². The lowest BCUT2D eigenvalue weighted by Gasteiger charge is -2.31. The Morgan fingerprint density at radius 3 is 2.52 bits per heavy atom. The van der Waals surface area contributed by atoms with Crippen molar-refractivity contribution in [1.82, 2.24) is 9.91 Å². The zero-order valence-electron chi connectivity index (χ0n) is 19.2. The van der Waals surface area contributed by atoms with Gasteiger partial charge in [0.2, 0.25) is 0 Å². The molecule has 1 atom stereocenters. The van der Waals surface area contributed by atoms with E-state index in [0.717, 1.165) is 22.4 Å². The number of carbonyl (C=O) groups is 2. The van der Waals surface area contributed by atoms with E-state index in [-0.39, 0.29) is 36.2 Å². The van der Waals surface area contributed by atoms with Gasteiger partial charge in [0.25, 0.3) is 5.91 Å². The zero-order valence-corrected chi connectivity index (χ0v) is 19.2. The molecule has 6 nitrogen and oxygen atoms in total. The summed E-state index contributed by atoms with van der Waals surface area (Å²) in [6, 6.07) is 14.1. The first-order chi connectivity index (χ1) is 15.9. The van der Waals surface area contributed by atoms with E-state index in [0.29, 0.717) is 39.0 Å². The Bertz CT molecular complexity index is 1030. The number of carbonyl (C=O) groups excluding carboxylic acids is 2. The number of ether oxygens (including phenoxy) is 1. The lowest BCUT2D eigenvalue weighted by molar-refractivity contribution is -0.149. The number of hydrogen-bond acceptors (Lipinski definition) is 5. The molecule has 0 aromatic heterocycles. The van der Waals surface area contributed by atoms with Gasteiger partial charge in [0.05, 0.1) is 30.8 Å². The summed E-state index contributed by atoms with van der Waals surface area (Å²) in [5.41, 5.74) is 3.67. The molecule has 0 aliphatic carbocycles. The number of piperidine rings is 1. The average molecular weight is 452 g/mol. The standard InChI is InChI=1S/C26H30FN3O3/c1-3-33-26(32)20-11-13-29(14-12-20)17-25(31)30-24(21-5-4-6-22(27)15-21)16-23(28-30)19-9-7-18(2)8-10-19/h4-10,15,20,24H,3,11-14,16-17H2,1-2H3. The molecule has 0 saturated carbocycles. The summed E-state index contributed by atoms with van der Waals surface area (Å²) in [5, 5.41) is 6.20. The second-order valence-corrected chi connectivity index (χ2v) is 8.73. The maximum Gasteiger partial charge on any atom is 0.309 e. The normalized spacial score (nSPS) is 19.4. The number of hydrogen-bond donors (Lipinski definition) is 0. The van der Waals surface area contributed by atoms with Crippen LogP contribution in [0.2, 0.25) is 0 Å². The van der Waals surface area contributed by atoms with E-state index in [1.807, 2.05) is 44.2 Å². The third kappa shape index (κ3) is 5.47. The van der Waals surface area contributed by atoms with E-state index in [1.165, 1.54) is 17.1 Å². The van der Waals surface area contributed by atoms with Gasteiger partial charge in [0.1, 0.15) is 5.82 Å². The molecule has 2 aliphatic rings. The topological polar surface area (TPSA) is 62.2 Å². The van der Waals surface area contributed by atoms with Gasteiger partial charge in [-0.25, -0.2) is 9.40 Å². The van der Waals surface area contributed by atoms with Crippen LogP contribution in [-0.2, 0) is 14.3 Å². The Morgan fingerprint density at radius 1 is 1.12 bits per heavy atom. The summed E-state index contributed by atoms with van der Waals surface area (Å²) in [5.74, 6) is -0.707. The third-order valence-corrected chi connectivity index (χ3v) is 6.35. The van der Waals surface area contributed by atoms with Crippen LogP contribution in [0.1, 0.15) is 48.9 Å². The SMILES string of the molecule is CCOC(=O)C1CCN(CC(=O)N2N=C(c3ccc(C)cc3)CC2c2cccc(F)c2)CC1. The molecule has 7 heteroatoms. The van der Waals surface area contributed by atoms with Crippen molar-refractivity contribution in [1.29, 1.82) is 0 Å². The van der Waals surface area contributed by atoms with Crippen LogP contribution >= 0.6 is 0 Å². The summed E-state index contributed by atoms with van der Waals surface area (Å²) < 4.78 is 19.1. The number of benzene rings is 2. The number of aryl methyl sites for hydroxylation is 1. The monoisotopic (exact) mass is 451 g/mol. The molecule has 2 aromatic rings. The molecule has 0 radical (unpaired) electrons. The van der Waals surface area contributed by atoms with Crippen molar-refractivity contribution in [2.75, 3.05) is 26.2 Å². The first kappa shape index (κ1) is 23.1. The Labute approximate surface area is 194 Å². The van der Waals surface area contributed by atoms with Crippen LogP contribution < -0.4 is 0 Å². The average Bonchev–Trinajstić information content (AvgIpc) is 3.26. The van der Waals surface area contributed by atoms with Gasteiger partial charge in [-0.15, -0.1) is 0 Å². The number of esters is 1. The number of hydrazone groups is 1. The fraction of sp³-hybridized carbons (Fsp3) is 0.423. The summed E-state index contributed by atoms with van der Waals surface area (Å²) in [6.45, 7) is 5.74. The van der Waals surface area contributed by atoms with E-state index in [4.69, 9.17) is 4.74 Å². The molecule has 0 bridgehead atoms. The molecule has 2 aliphatic heterocycles. The van der Waals surface area contributed by atoms with Gasteiger partial charge in [-0.1, -0.05) is 42.0 Å². The second-order valence-electron chi connectivity index (χ2n) is 8.73. The Balaban J connectivity index is 1.49. The van der Waals surface area contributed by atoms with Crippen molar-refractivity contribution in [2.24, 2.45) is 11.0 Å². The van der Waals surface area contributed by atoms with Crippen LogP contribution in [0.4, 0.5) is 4.39 Å².